The van der Waals surface area contributed by atoms with E-state index in [1.807, 2.05) is 0 Å². The Kier molecular flexibility index (Phi) is 3.54. The van der Waals surface area contributed by atoms with Crippen LogP contribution >= 0.6 is 0 Å². The molecule has 1 saturated carbocycles. The number of esters is 1. The van der Waals surface area contributed by atoms with Crippen LogP contribution in [-0.4, -0.2) is 22.6 Å². The third-order valence-electron chi connectivity index (χ3n) is 3.14. The number of ether oxygens (including phenoxy) is 1. The number of rotatable bonds is 3. The molecule has 4 nitrogen and oxygen atoms in total. The molecule has 0 saturated heterocycles. The largest absolute Gasteiger partial charge is 0.481 e. The van der Waals surface area contributed by atoms with Crippen LogP contribution in [0.4, 0.5) is 4.39 Å². The summed E-state index contributed by atoms with van der Waals surface area (Å²) in [5, 5.41) is 8.85. The average molecular weight is 280 g/mol. The first kappa shape index (κ1) is 14.5. The fourth-order valence-electron chi connectivity index (χ4n) is 2.10. The first-order valence-corrected chi connectivity index (χ1v) is 6.44. The van der Waals surface area contributed by atoms with Crippen molar-refractivity contribution in [1.82, 2.24) is 0 Å². The molecule has 0 bridgehead atoms. The molecule has 0 aromatic heterocycles. The molecule has 1 aromatic rings. The lowest BCUT2D eigenvalue weighted by Crippen LogP contribution is -2.24. The monoisotopic (exact) mass is 280 g/mol. The van der Waals surface area contributed by atoms with E-state index in [9.17, 15) is 14.0 Å². The Labute approximate surface area is 116 Å². The molecule has 1 aromatic carbocycles. The van der Waals surface area contributed by atoms with Gasteiger partial charge in [0.25, 0.3) is 0 Å². The summed E-state index contributed by atoms with van der Waals surface area (Å²) in [5.41, 5.74) is -0.157. The molecule has 1 fully saturated rings. The second-order valence-corrected chi connectivity index (χ2v) is 6.03. The number of carboxylic acid groups (broad SMARTS) is 1. The van der Waals surface area contributed by atoms with Crippen molar-refractivity contribution in [1.29, 1.82) is 0 Å². The molecule has 2 atom stereocenters. The molecule has 20 heavy (non-hydrogen) atoms. The lowest BCUT2D eigenvalue weighted by atomic mass is 10.1. The van der Waals surface area contributed by atoms with E-state index in [0.29, 0.717) is 12.0 Å². The maximum atomic E-state index is 14.0. The number of carbonyl (C=O) groups is 2. The number of carbonyl (C=O) groups excluding carboxylic acids is 1. The minimum Gasteiger partial charge on any atom is -0.481 e. The van der Waals surface area contributed by atoms with E-state index in [1.54, 1.807) is 20.8 Å². The number of benzene rings is 1. The van der Waals surface area contributed by atoms with Gasteiger partial charge in [-0.15, -0.1) is 0 Å². The van der Waals surface area contributed by atoms with E-state index < -0.39 is 29.3 Å². The lowest BCUT2D eigenvalue weighted by Gasteiger charge is -2.19. The molecule has 1 N–H and O–H groups in total. The van der Waals surface area contributed by atoms with E-state index in [-0.39, 0.29) is 11.5 Å². The van der Waals surface area contributed by atoms with E-state index in [1.165, 1.54) is 12.1 Å². The summed E-state index contributed by atoms with van der Waals surface area (Å²) in [5.74, 6) is -2.86. The minimum absolute atomic E-state index is 0.133. The van der Waals surface area contributed by atoms with Crippen molar-refractivity contribution in [3.8, 4) is 0 Å². The molecule has 0 amide bonds. The number of hydrogen-bond donors (Lipinski definition) is 1. The SMILES string of the molecule is CC(C)(C)OC(=O)c1ccc([C@@H]2C[C@H]2C(=O)O)c(F)c1. The fraction of sp³-hybridized carbons (Fsp3) is 0.467. The van der Waals surface area contributed by atoms with Crippen LogP contribution in [0.3, 0.4) is 0 Å². The zero-order chi connectivity index (χ0) is 15.1. The Balaban J connectivity index is 2.15. The van der Waals surface area contributed by atoms with Gasteiger partial charge in [0.05, 0.1) is 11.5 Å². The summed E-state index contributed by atoms with van der Waals surface area (Å²) in [4.78, 5) is 22.6. The Morgan fingerprint density at radius 2 is 2.00 bits per heavy atom. The summed E-state index contributed by atoms with van der Waals surface area (Å²) in [6, 6.07) is 4.06. The van der Waals surface area contributed by atoms with Gasteiger partial charge in [-0.05, 0) is 44.9 Å². The van der Waals surface area contributed by atoms with Crippen molar-refractivity contribution in [2.75, 3.05) is 0 Å². The molecule has 2 rings (SSSR count). The van der Waals surface area contributed by atoms with E-state index in [2.05, 4.69) is 0 Å². The van der Waals surface area contributed by atoms with Gasteiger partial charge in [-0.1, -0.05) is 6.07 Å². The molecule has 0 aliphatic heterocycles. The number of carboxylic acids is 1. The Bertz CT molecular complexity index is 559. The zero-order valence-corrected chi connectivity index (χ0v) is 11.6. The van der Waals surface area contributed by atoms with Crippen LogP contribution in [-0.2, 0) is 9.53 Å². The predicted molar refractivity (Wildman–Crippen MR) is 70.1 cm³/mol. The van der Waals surface area contributed by atoms with Crippen molar-refractivity contribution in [3.63, 3.8) is 0 Å². The van der Waals surface area contributed by atoms with E-state index in [4.69, 9.17) is 9.84 Å². The summed E-state index contributed by atoms with van der Waals surface area (Å²) < 4.78 is 19.1. The number of halogens is 1. The fourth-order valence-corrected chi connectivity index (χ4v) is 2.10. The van der Waals surface area contributed by atoms with Gasteiger partial charge >= 0.3 is 11.9 Å². The van der Waals surface area contributed by atoms with E-state index in [0.717, 1.165) is 6.07 Å². The van der Waals surface area contributed by atoms with Crippen LogP contribution < -0.4 is 0 Å². The normalized spacial score (nSPS) is 21.4. The second kappa shape index (κ2) is 4.89. The standard InChI is InChI=1S/C15H17FO4/c1-15(2,3)20-14(19)8-4-5-9(12(16)6-8)10-7-11(10)13(17)18/h4-6,10-11H,7H2,1-3H3,(H,17,18)/t10-,11+/m0/s1. The van der Waals surface area contributed by atoms with Crippen LogP contribution in [0.5, 0.6) is 0 Å². The third-order valence-corrected chi connectivity index (χ3v) is 3.14. The second-order valence-electron chi connectivity index (χ2n) is 6.03. The summed E-state index contributed by atoms with van der Waals surface area (Å²) >= 11 is 0. The van der Waals surface area contributed by atoms with Crippen molar-refractivity contribution in [3.05, 3.63) is 35.1 Å². The van der Waals surface area contributed by atoms with Crippen molar-refractivity contribution >= 4 is 11.9 Å². The first-order chi connectivity index (χ1) is 9.19. The van der Waals surface area contributed by atoms with Gasteiger partial charge in [0.15, 0.2) is 0 Å². The molecule has 0 radical (unpaired) electrons. The highest BCUT2D eigenvalue weighted by Crippen LogP contribution is 2.48. The van der Waals surface area contributed by atoms with Gasteiger partial charge in [-0.2, -0.15) is 0 Å². The van der Waals surface area contributed by atoms with E-state index >= 15 is 0 Å². The maximum absolute atomic E-state index is 14.0. The molecule has 108 valence electrons. The highest BCUT2D eigenvalue weighted by atomic mass is 19.1. The molecule has 5 heteroatoms. The van der Waals surface area contributed by atoms with Crippen LogP contribution in [0.2, 0.25) is 0 Å². The highest BCUT2D eigenvalue weighted by molar-refractivity contribution is 5.89. The Hall–Kier alpha value is -1.91. The van der Waals surface area contributed by atoms with Crippen molar-refractivity contribution < 1.29 is 23.8 Å². The molecular weight excluding hydrogens is 263 g/mol. The van der Waals surface area contributed by atoms with Crippen molar-refractivity contribution in [2.24, 2.45) is 5.92 Å². The predicted octanol–water partition coefficient (Wildman–Crippen LogP) is 2.97. The summed E-state index contributed by atoms with van der Waals surface area (Å²) in [6.45, 7) is 5.20. The van der Waals surface area contributed by atoms with Gasteiger partial charge in [0.2, 0.25) is 0 Å². The van der Waals surface area contributed by atoms with Crippen LogP contribution in [0.15, 0.2) is 18.2 Å². The maximum Gasteiger partial charge on any atom is 0.338 e. The number of aliphatic carboxylic acids is 1. The van der Waals surface area contributed by atoms with Crippen LogP contribution in [0.1, 0.15) is 49.0 Å². The smallest absolute Gasteiger partial charge is 0.338 e. The van der Waals surface area contributed by atoms with Crippen molar-refractivity contribution in [2.45, 2.75) is 38.7 Å². The van der Waals surface area contributed by atoms with Crippen LogP contribution in [0, 0.1) is 11.7 Å². The molecule has 0 heterocycles. The molecular formula is C15H17FO4. The Morgan fingerprint density at radius 3 is 2.45 bits per heavy atom. The van der Waals surface area contributed by atoms with Gasteiger partial charge in [0, 0.05) is 5.92 Å². The molecule has 1 aliphatic rings. The van der Waals surface area contributed by atoms with Gasteiger partial charge < -0.3 is 9.84 Å². The van der Waals surface area contributed by atoms with Gasteiger partial charge in [-0.25, -0.2) is 9.18 Å². The molecule has 0 spiro atoms. The topological polar surface area (TPSA) is 63.6 Å². The highest BCUT2D eigenvalue weighted by Gasteiger charge is 2.45. The third kappa shape index (κ3) is 3.15. The quantitative estimate of drug-likeness (QED) is 0.864. The summed E-state index contributed by atoms with van der Waals surface area (Å²) in [6.07, 6.45) is 0.442. The summed E-state index contributed by atoms with van der Waals surface area (Å²) in [7, 11) is 0. The van der Waals surface area contributed by atoms with Gasteiger partial charge in [-0.3, -0.25) is 4.79 Å². The first-order valence-electron chi connectivity index (χ1n) is 6.44. The lowest BCUT2D eigenvalue weighted by molar-refractivity contribution is -0.138. The molecule has 1 aliphatic carbocycles. The van der Waals surface area contributed by atoms with Gasteiger partial charge in [0.1, 0.15) is 11.4 Å². The molecule has 0 unspecified atom stereocenters. The number of hydrogen-bond acceptors (Lipinski definition) is 3. The van der Waals surface area contributed by atoms with Crippen LogP contribution in [0.25, 0.3) is 0 Å². The zero-order valence-electron chi connectivity index (χ0n) is 11.6. The Morgan fingerprint density at radius 1 is 1.35 bits per heavy atom. The minimum atomic E-state index is -0.911. The average Bonchev–Trinajstić information content (AvgIpc) is 3.06.